The predicted octanol–water partition coefficient (Wildman–Crippen LogP) is 3.12. The fourth-order valence-electron chi connectivity index (χ4n) is 2.23. The maximum atomic E-state index is 11.7. The van der Waals surface area contributed by atoms with Crippen LogP contribution < -0.4 is 5.56 Å². The smallest absolute Gasteiger partial charge is 0.255 e. The third-order valence-corrected chi connectivity index (χ3v) is 3.13. The summed E-state index contributed by atoms with van der Waals surface area (Å²) in [6.45, 7) is 0. The molecule has 1 heterocycles. The topological polar surface area (TPSA) is 32.9 Å². The van der Waals surface area contributed by atoms with Gasteiger partial charge in [-0.3, -0.25) is 4.79 Å². The van der Waals surface area contributed by atoms with Gasteiger partial charge in [-0.05, 0) is 29.0 Å². The SMILES string of the molecule is O=c1[nH]cc(Cc2ccccc2)c2ccccc12. The summed E-state index contributed by atoms with van der Waals surface area (Å²) in [4.78, 5) is 14.5. The zero-order valence-electron chi connectivity index (χ0n) is 9.89. The normalized spacial score (nSPS) is 10.7. The lowest BCUT2D eigenvalue weighted by atomic mass is 10.0. The third kappa shape index (κ3) is 1.93. The number of pyridine rings is 1. The number of H-pyrrole nitrogens is 1. The minimum Gasteiger partial charge on any atom is -0.328 e. The average molecular weight is 235 g/mol. The first-order valence-corrected chi connectivity index (χ1v) is 5.98. The number of nitrogens with one attached hydrogen (secondary N) is 1. The molecule has 0 aliphatic carbocycles. The Bertz CT molecular complexity index is 729. The van der Waals surface area contributed by atoms with Gasteiger partial charge in [0.2, 0.25) is 0 Å². The minimum atomic E-state index is -0.0255. The second kappa shape index (κ2) is 4.49. The highest BCUT2D eigenvalue weighted by Gasteiger charge is 2.04. The summed E-state index contributed by atoms with van der Waals surface area (Å²) < 4.78 is 0. The average Bonchev–Trinajstić information content (AvgIpc) is 2.44. The van der Waals surface area contributed by atoms with Crippen LogP contribution in [0.25, 0.3) is 10.8 Å². The summed E-state index contributed by atoms with van der Waals surface area (Å²) in [6, 6.07) is 18.0. The number of hydrogen-bond donors (Lipinski definition) is 1. The van der Waals surface area contributed by atoms with Gasteiger partial charge in [0, 0.05) is 11.6 Å². The molecule has 2 heteroatoms. The molecule has 18 heavy (non-hydrogen) atoms. The van der Waals surface area contributed by atoms with E-state index in [-0.39, 0.29) is 5.56 Å². The van der Waals surface area contributed by atoms with Crippen LogP contribution in [0.3, 0.4) is 0 Å². The second-order valence-corrected chi connectivity index (χ2v) is 4.35. The first-order valence-electron chi connectivity index (χ1n) is 5.98. The fourth-order valence-corrected chi connectivity index (χ4v) is 2.23. The van der Waals surface area contributed by atoms with Crippen molar-refractivity contribution in [2.75, 3.05) is 0 Å². The Morgan fingerprint density at radius 3 is 2.28 bits per heavy atom. The molecule has 1 aromatic heterocycles. The maximum Gasteiger partial charge on any atom is 0.255 e. The summed E-state index contributed by atoms with van der Waals surface area (Å²) in [5.74, 6) is 0. The second-order valence-electron chi connectivity index (χ2n) is 4.35. The van der Waals surface area contributed by atoms with E-state index in [4.69, 9.17) is 0 Å². The number of rotatable bonds is 2. The fraction of sp³-hybridized carbons (Fsp3) is 0.0625. The molecule has 0 saturated carbocycles. The van der Waals surface area contributed by atoms with Gasteiger partial charge in [-0.25, -0.2) is 0 Å². The Morgan fingerprint density at radius 1 is 0.833 bits per heavy atom. The van der Waals surface area contributed by atoms with Gasteiger partial charge in [-0.15, -0.1) is 0 Å². The zero-order chi connectivity index (χ0) is 12.4. The van der Waals surface area contributed by atoms with Crippen molar-refractivity contribution < 1.29 is 0 Å². The van der Waals surface area contributed by atoms with Crippen molar-refractivity contribution in [3.63, 3.8) is 0 Å². The lowest BCUT2D eigenvalue weighted by Crippen LogP contribution is -2.07. The summed E-state index contributed by atoms with van der Waals surface area (Å²) >= 11 is 0. The van der Waals surface area contributed by atoms with Crippen molar-refractivity contribution in [3.05, 3.63) is 82.3 Å². The molecule has 0 spiro atoms. The predicted molar refractivity (Wildman–Crippen MR) is 73.8 cm³/mol. The van der Waals surface area contributed by atoms with E-state index >= 15 is 0 Å². The van der Waals surface area contributed by atoms with Crippen LogP contribution in [0, 0.1) is 0 Å². The van der Waals surface area contributed by atoms with Gasteiger partial charge in [0.1, 0.15) is 0 Å². The van der Waals surface area contributed by atoms with E-state index in [1.165, 1.54) is 5.56 Å². The van der Waals surface area contributed by atoms with E-state index in [0.717, 1.165) is 22.8 Å². The molecule has 1 N–H and O–H groups in total. The molecule has 0 radical (unpaired) electrons. The van der Waals surface area contributed by atoms with E-state index < -0.39 is 0 Å². The van der Waals surface area contributed by atoms with Crippen molar-refractivity contribution in [2.24, 2.45) is 0 Å². The van der Waals surface area contributed by atoms with Crippen molar-refractivity contribution in [2.45, 2.75) is 6.42 Å². The summed E-state index contributed by atoms with van der Waals surface area (Å²) in [7, 11) is 0. The van der Waals surface area contributed by atoms with E-state index in [9.17, 15) is 4.79 Å². The molecule has 0 amide bonds. The lowest BCUT2D eigenvalue weighted by Gasteiger charge is -2.06. The minimum absolute atomic E-state index is 0.0255. The van der Waals surface area contributed by atoms with E-state index in [2.05, 4.69) is 17.1 Å². The van der Waals surface area contributed by atoms with Crippen LogP contribution in [0.5, 0.6) is 0 Å². The number of aromatic amines is 1. The lowest BCUT2D eigenvalue weighted by molar-refractivity contribution is 1.15. The Hall–Kier alpha value is -2.35. The summed E-state index contributed by atoms with van der Waals surface area (Å²) in [6.07, 6.45) is 2.65. The first-order chi connectivity index (χ1) is 8.84. The van der Waals surface area contributed by atoms with Gasteiger partial charge in [0.05, 0.1) is 0 Å². The molecule has 0 fully saturated rings. The largest absolute Gasteiger partial charge is 0.328 e. The molecule has 0 bridgehead atoms. The highest BCUT2D eigenvalue weighted by molar-refractivity contribution is 5.84. The summed E-state index contributed by atoms with van der Waals surface area (Å²) in [5, 5.41) is 1.79. The van der Waals surface area contributed by atoms with Crippen LogP contribution in [0.2, 0.25) is 0 Å². The molecule has 3 aromatic rings. The van der Waals surface area contributed by atoms with Crippen LogP contribution in [-0.4, -0.2) is 4.98 Å². The number of fused-ring (bicyclic) bond motifs is 1. The molecule has 2 aromatic carbocycles. The Balaban J connectivity index is 2.13. The molecule has 2 nitrogen and oxygen atoms in total. The third-order valence-electron chi connectivity index (χ3n) is 3.13. The van der Waals surface area contributed by atoms with Gasteiger partial charge < -0.3 is 4.98 Å². The molecular weight excluding hydrogens is 222 g/mol. The van der Waals surface area contributed by atoms with E-state index in [1.807, 2.05) is 48.7 Å². The van der Waals surface area contributed by atoms with Gasteiger partial charge in [0.25, 0.3) is 5.56 Å². The van der Waals surface area contributed by atoms with Gasteiger partial charge in [-0.2, -0.15) is 0 Å². The van der Waals surface area contributed by atoms with Crippen LogP contribution >= 0.6 is 0 Å². The number of benzene rings is 2. The van der Waals surface area contributed by atoms with Crippen LogP contribution in [-0.2, 0) is 6.42 Å². The number of aromatic nitrogens is 1. The highest BCUT2D eigenvalue weighted by atomic mass is 16.1. The highest BCUT2D eigenvalue weighted by Crippen LogP contribution is 2.17. The molecule has 3 rings (SSSR count). The first kappa shape index (κ1) is 10.8. The van der Waals surface area contributed by atoms with Crippen LogP contribution in [0.1, 0.15) is 11.1 Å². The zero-order valence-corrected chi connectivity index (χ0v) is 9.89. The van der Waals surface area contributed by atoms with E-state index in [0.29, 0.717) is 0 Å². The molecule has 0 atom stereocenters. The van der Waals surface area contributed by atoms with E-state index in [1.54, 1.807) is 0 Å². The maximum absolute atomic E-state index is 11.7. The quantitative estimate of drug-likeness (QED) is 0.727. The monoisotopic (exact) mass is 235 g/mol. The molecule has 0 aliphatic heterocycles. The van der Waals surface area contributed by atoms with Crippen LogP contribution in [0.15, 0.2) is 65.6 Å². The van der Waals surface area contributed by atoms with Gasteiger partial charge >= 0.3 is 0 Å². The summed E-state index contributed by atoms with van der Waals surface area (Å²) in [5.41, 5.74) is 2.37. The standard InChI is InChI=1S/C16H13NO/c18-16-15-9-5-4-8-14(15)13(11-17-16)10-12-6-2-1-3-7-12/h1-9,11H,10H2,(H,17,18). The molecule has 0 aliphatic rings. The Morgan fingerprint density at radius 2 is 1.50 bits per heavy atom. The van der Waals surface area contributed by atoms with Crippen molar-refractivity contribution in [1.82, 2.24) is 4.98 Å². The van der Waals surface area contributed by atoms with Crippen molar-refractivity contribution in [1.29, 1.82) is 0 Å². The van der Waals surface area contributed by atoms with Gasteiger partial charge in [-0.1, -0.05) is 48.5 Å². The van der Waals surface area contributed by atoms with Gasteiger partial charge in [0.15, 0.2) is 0 Å². The molecular formula is C16H13NO. The molecule has 88 valence electrons. The van der Waals surface area contributed by atoms with Crippen molar-refractivity contribution in [3.8, 4) is 0 Å². The Kier molecular flexibility index (Phi) is 2.69. The van der Waals surface area contributed by atoms with Crippen molar-refractivity contribution >= 4 is 10.8 Å². The van der Waals surface area contributed by atoms with Crippen LogP contribution in [0.4, 0.5) is 0 Å². The molecule has 0 unspecified atom stereocenters. The molecule has 0 saturated heterocycles. The Labute approximate surface area is 105 Å². The number of hydrogen-bond acceptors (Lipinski definition) is 1.